The standard InChI is InChI=1S/C21H21N3O3S2/c1-2-14-3-5-15(6-4-14)19-13-28-21(22-19)23-20(25)16-7-11-18(12-8-16)29(26,27)24-17-9-10-17/h3-8,11-13,17,24H,2,9-10H2,1H3,(H,22,23,25). The average molecular weight is 428 g/mol. The van der Waals surface area contributed by atoms with E-state index in [1.54, 1.807) is 0 Å². The Morgan fingerprint density at radius 3 is 2.41 bits per heavy atom. The summed E-state index contributed by atoms with van der Waals surface area (Å²) in [6.07, 6.45) is 2.73. The maximum Gasteiger partial charge on any atom is 0.257 e. The van der Waals surface area contributed by atoms with Crippen molar-refractivity contribution in [2.45, 2.75) is 37.1 Å². The van der Waals surface area contributed by atoms with Gasteiger partial charge in [0.2, 0.25) is 10.0 Å². The number of aromatic nitrogens is 1. The van der Waals surface area contributed by atoms with E-state index < -0.39 is 10.0 Å². The Labute approximate surface area is 174 Å². The second-order valence-electron chi connectivity index (χ2n) is 6.96. The lowest BCUT2D eigenvalue weighted by atomic mass is 10.1. The third-order valence-electron chi connectivity index (χ3n) is 4.71. The van der Waals surface area contributed by atoms with Crippen molar-refractivity contribution >= 4 is 32.4 Å². The van der Waals surface area contributed by atoms with E-state index in [0.29, 0.717) is 10.7 Å². The number of thiazole rings is 1. The van der Waals surface area contributed by atoms with Crippen LogP contribution < -0.4 is 10.0 Å². The van der Waals surface area contributed by atoms with E-state index in [1.807, 2.05) is 17.5 Å². The van der Waals surface area contributed by atoms with Gasteiger partial charge in [0.25, 0.3) is 5.91 Å². The summed E-state index contributed by atoms with van der Waals surface area (Å²) in [6, 6.07) is 14.1. The lowest BCUT2D eigenvalue weighted by Gasteiger charge is -2.06. The fourth-order valence-electron chi connectivity index (χ4n) is 2.82. The highest BCUT2D eigenvalue weighted by Crippen LogP contribution is 2.26. The lowest BCUT2D eigenvalue weighted by molar-refractivity contribution is 0.102. The van der Waals surface area contributed by atoms with Crippen LogP contribution in [0, 0.1) is 0 Å². The molecule has 0 atom stereocenters. The van der Waals surface area contributed by atoms with E-state index in [1.165, 1.54) is 41.2 Å². The third kappa shape index (κ3) is 4.72. The van der Waals surface area contributed by atoms with E-state index in [0.717, 1.165) is 30.5 Å². The molecule has 150 valence electrons. The van der Waals surface area contributed by atoms with Crippen LogP contribution in [0.5, 0.6) is 0 Å². The van der Waals surface area contributed by atoms with Crippen molar-refractivity contribution in [3.05, 3.63) is 65.0 Å². The molecular weight excluding hydrogens is 406 g/mol. The number of nitrogens with zero attached hydrogens (tertiary/aromatic N) is 1. The first kappa shape index (κ1) is 19.8. The molecule has 0 spiro atoms. The van der Waals surface area contributed by atoms with Crippen molar-refractivity contribution in [3.63, 3.8) is 0 Å². The molecule has 0 aliphatic heterocycles. The zero-order valence-electron chi connectivity index (χ0n) is 15.9. The summed E-state index contributed by atoms with van der Waals surface area (Å²) < 4.78 is 27.0. The van der Waals surface area contributed by atoms with Gasteiger partial charge in [-0.1, -0.05) is 31.2 Å². The van der Waals surface area contributed by atoms with Gasteiger partial charge in [0.1, 0.15) is 0 Å². The third-order valence-corrected chi connectivity index (χ3v) is 7.00. The van der Waals surface area contributed by atoms with Crippen molar-refractivity contribution in [1.29, 1.82) is 0 Å². The van der Waals surface area contributed by atoms with Gasteiger partial charge in [0.05, 0.1) is 10.6 Å². The smallest absolute Gasteiger partial charge is 0.257 e. The van der Waals surface area contributed by atoms with E-state index in [9.17, 15) is 13.2 Å². The molecule has 0 radical (unpaired) electrons. The maximum atomic E-state index is 12.5. The van der Waals surface area contributed by atoms with Gasteiger partial charge in [-0.05, 0) is 49.1 Å². The predicted octanol–water partition coefficient (Wildman–Crippen LogP) is 4.07. The van der Waals surface area contributed by atoms with Gasteiger partial charge in [0.15, 0.2) is 5.13 Å². The summed E-state index contributed by atoms with van der Waals surface area (Å²) >= 11 is 1.35. The summed E-state index contributed by atoms with van der Waals surface area (Å²) in [4.78, 5) is 17.1. The van der Waals surface area contributed by atoms with Crippen LogP contribution >= 0.6 is 11.3 Å². The Balaban J connectivity index is 1.43. The highest BCUT2D eigenvalue weighted by atomic mass is 32.2. The molecule has 1 aliphatic rings. The van der Waals surface area contributed by atoms with Gasteiger partial charge < -0.3 is 0 Å². The summed E-state index contributed by atoms with van der Waals surface area (Å²) in [6.45, 7) is 2.11. The molecule has 0 bridgehead atoms. The monoisotopic (exact) mass is 427 g/mol. The van der Waals surface area contributed by atoms with Gasteiger partial charge in [-0.3, -0.25) is 10.1 Å². The number of sulfonamides is 1. The van der Waals surface area contributed by atoms with Gasteiger partial charge >= 0.3 is 0 Å². The largest absolute Gasteiger partial charge is 0.298 e. The van der Waals surface area contributed by atoms with Crippen LogP contribution in [0.2, 0.25) is 0 Å². The van der Waals surface area contributed by atoms with Gasteiger partial charge in [-0.15, -0.1) is 11.3 Å². The Bertz CT molecular complexity index is 1120. The Kier molecular flexibility index (Phi) is 5.49. The first-order chi connectivity index (χ1) is 13.9. The Morgan fingerprint density at radius 1 is 1.10 bits per heavy atom. The van der Waals surface area contributed by atoms with E-state index in [2.05, 4.69) is 34.1 Å². The van der Waals surface area contributed by atoms with Crippen LogP contribution in [0.15, 0.2) is 58.8 Å². The molecule has 0 saturated heterocycles. The number of benzene rings is 2. The minimum atomic E-state index is -3.52. The lowest BCUT2D eigenvalue weighted by Crippen LogP contribution is -2.25. The highest BCUT2D eigenvalue weighted by Gasteiger charge is 2.28. The highest BCUT2D eigenvalue weighted by molar-refractivity contribution is 7.89. The zero-order chi connectivity index (χ0) is 20.4. The summed E-state index contributed by atoms with van der Waals surface area (Å²) in [7, 11) is -3.52. The molecular formula is C21H21N3O3S2. The minimum absolute atomic E-state index is 0.0419. The van der Waals surface area contributed by atoms with Crippen molar-refractivity contribution in [1.82, 2.24) is 9.71 Å². The van der Waals surface area contributed by atoms with Gasteiger partial charge in [-0.25, -0.2) is 18.1 Å². The van der Waals surface area contributed by atoms with Crippen molar-refractivity contribution in [2.24, 2.45) is 0 Å². The topological polar surface area (TPSA) is 88.2 Å². The molecule has 6 nitrogen and oxygen atoms in total. The molecule has 2 N–H and O–H groups in total. The normalized spacial score (nSPS) is 14.0. The van der Waals surface area contributed by atoms with Crippen LogP contribution in [-0.2, 0) is 16.4 Å². The number of carbonyl (C=O) groups is 1. The Hall–Kier alpha value is -2.55. The average Bonchev–Trinajstić information content (AvgIpc) is 3.41. The second-order valence-corrected chi connectivity index (χ2v) is 9.53. The molecule has 1 heterocycles. The molecule has 29 heavy (non-hydrogen) atoms. The number of anilines is 1. The summed E-state index contributed by atoms with van der Waals surface area (Å²) in [5.41, 5.74) is 3.44. The van der Waals surface area contributed by atoms with E-state index >= 15 is 0 Å². The molecule has 0 unspecified atom stereocenters. The number of hydrogen-bond acceptors (Lipinski definition) is 5. The number of aryl methyl sites for hydroxylation is 1. The summed E-state index contributed by atoms with van der Waals surface area (Å²) in [5.74, 6) is -0.327. The number of nitrogens with one attached hydrogen (secondary N) is 2. The van der Waals surface area contributed by atoms with Crippen LogP contribution in [0.4, 0.5) is 5.13 Å². The minimum Gasteiger partial charge on any atom is -0.298 e. The van der Waals surface area contributed by atoms with Crippen LogP contribution in [0.1, 0.15) is 35.7 Å². The SMILES string of the molecule is CCc1ccc(-c2csc(NC(=O)c3ccc(S(=O)(=O)NC4CC4)cc3)n2)cc1. The van der Waals surface area contributed by atoms with Crippen molar-refractivity contribution < 1.29 is 13.2 Å². The number of amides is 1. The van der Waals surface area contributed by atoms with E-state index in [-0.39, 0.29) is 16.8 Å². The second kappa shape index (κ2) is 8.06. The molecule has 1 saturated carbocycles. The zero-order valence-corrected chi connectivity index (χ0v) is 17.5. The predicted molar refractivity (Wildman–Crippen MR) is 115 cm³/mol. The summed E-state index contributed by atoms with van der Waals surface area (Å²) in [5, 5.41) is 5.17. The molecule has 3 aromatic rings. The molecule has 8 heteroatoms. The fourth-order valence-corrected chi connectivity index (χ4v) is 4.84. The number of carbonyl (C=O) groups excluding carboxylic acids is 1. The molecule has 2 aromatic carbocycles. The molecule has 1 amide bonds. The van der Waals surface area contributed by atoms with Crippen molar-refractivity contribution in [2.75, 3.05) is 5.32 Å². The van der Waals surface area contributed by atoms with E-state index in [4.69, 9.17) is 0 Å². The van der Waals surface area contributed by atoms with Crippen molar-refractivity contribution in [3.8, 4) is 11.3 Å². The quantitative estimate of drug-likeness (QED) is 0.595. The molecule has 1 aromatic heterocycles. The maximum absolute atomic E-state index is 12.5. The molecule has 1 aliphatic carbocycles. The number of hydrogen-bond donors (Lipinski definition) is 2. The first-order valence-electron chi connectivity index (χ1n) is 9.43. The number of rotatable bonds is 7. The van der Waals surface area contributed by atoms with Gasteiger partial charge in [-0.2, -0.15) is 0 Å². The molecule has 1 fully saturated rings. The Morgan fingerprint density at radius 2 is 1.79 bits per heavy atom. The van der Waals surface area contributed by atoms with Crippen LogP contribution in [0.25, 0.3) is 11.3 Å². The van der Waals surface area contributed by atoms with Crippen LogP contribution in [-0.4, -0.2) is 25.4 Å². The van der Waals surface area contributed by atoms with Gasteiger partial charge in [0, 0.05) is 22.5 Å². The molecule has 4 rings (SSSR count). The fraction of sp³-hybridized carbons (Fsp3) is 0.238. The first-order valence-corrected chi connectivity index (χ1v) is 11.8. The van der Waals surface area contributed by atoms with Crippen LogP contribution in [0.3, 0.4) is 0 Å².